The van der Waals surface area contributed by atoms with E-state index in [1.807, 2.05) is 0 Å². The molecule has 0 radical (unpaired) electrons. The predicted molar refractivity (Wildman–Crippen MR) is 78.6 cm³/mol. The molecule has 0 aliphatic heterocycles. The monoisotopic (exact) mass is 367 g/mol. The Morgan fingerprint density at radius 2 is 1.55 bits per heavy atom. The van der Waals surface area contributed by atoms with Crippen LogP contribution in [0.25, 0.3) is 0 Å². The molecule has 20 heavy (non-hydrogen) atoms. The smallest absolute Gasteiger partial charge is 1.00 e. The molecule has 1 fully saturated rings. The van der Waals surface area contributed by atoms with Crippen LogP contribution in [0.15, 0.2) is 24.3 Å². The first-order chi connectivity index (χ1) is 7.80. The van der Waals surface area contributed by atoms with E-state index >= 15 is 0 Å². The molecule has 2 rings (SSSR count). The second kappa shape index (κ2) is 8.55. The fourth-order valence-electron chi connectivity index (χ4n) is 3.86. The summed E-state index contributed by atoms with van der Waals surface area (Å²) in [5, 5.41) is 0. The first kappa shape index (κ1) is 23.2. The largest absolute Gasteiger partial charge is 2.00 e. The van der Waals surface area contributed by atoms with E-state index < -0.39 is 8.24 Å². The van der Waals surface area contributed by atoms with Crippen LogP contribution in [-0.2, 0) is 21.7 Å². The predicted octanol–water partition coefficient (Wildman–Crippen LogP) is -1.89. The van der Waals surface area contributed by atoms with Crippen molar-refractivity contribution in [2.24, 2.45) is 11.8 Å². The van der Waals surface area contributed by atoms with Crippen molar-refractivity contribution in [2.75, 3.05) is 0 Å². The molecule has 1 N–H and O–H groups in total. The van der Waals surface area contributed by atoms with Crippen LogP contribution in [0.1, 0.15) is 33.6 Å². The SMILES string of the molecule is CC(C)(C)N[Si](C)(C)C1CCC2C=CC=CC21.[Cl-].[Cl-].[Ti+2]. The second-order valence-electron chi connectivity index (χ2n) is 7.29. The van der Waals surface area contributed by atoms with Crippen molar-refractivity contribution in [3.8, 4) is 0 Å². The van der Waals surface area contributed by atoms with E-state index in [1.165, 1.54) is 12.8 Å². The first-order valence-corrected chi connectivity index (χ1v) is 10.0. The zero-order valence-corrected chi connectivity index (χ0v) is 17.3. The Labute approximate surface area is 153 Å². The summed E-state index contributed by atoms with van der Waals surface area (Å²) in [4.78, 5) is 3.95. The summed E-state index contributed by atoms with van der Waals surface area (Å²) in [7, 11) is -1.35. The number of fused-ring (bicyclic) bond motifs is 1. The summed E-state index contributed by atoms with van der Waals surface area (Å²) in [6, 6.07) is 0. The number of halogens is 2. The molecule has 3 atom stereocenters. The maximum absolute atomic E-state index is 3.95. The van der Waals surface area contributed by atoms with Gasteiger partial charge in [-0.05, 0) is 44.6 Å². The molecule has 0 aromatic rings. The summed E-state index contributed by atoms with van der Waals surface area (Å²) in [6.07, 6.45) is 12.2. The third-order valence-electron chi connectivity index (χ3n) is 4.20. The molecule has 0 amide bonds. The number of rotatable bonds is 2. The normalized spacial score (nSPS) is 27.9. The van der Waals surface area contributed by atoms with E-state index in [1.54, 1.807) is 0 Å². The second-order valence-corrected chi connectivity index (χ2v) is 11.7. The number of hydrogen-bond acceptors (Lipinski definition) is 1. The van der Waals surface area contributed by atoms with Crippen LogP contribution in [0, 0.1) is 11.8 Å². The van der Waals surface area contributed by atoms with Gasteiger partial charge in [-0.2, -0.15) is 0 Å². The Morgan fingerprint density at radius 1 is 1.00 bits per heavy atom. The van der Waals surface area contributed by atoms with Gasteiger partial charge in [0.25, 0.3) is 0 Å². The van der Waals surface area contributed by atoms with Crippen molar-refractivity contribution in [3.63, 3.8) is 0 Å². The summed E-state index contributed by atoms with van der Waals surface area (Å²) < 4.78 is 0. The minimum atomic E-state index is -1.35. The molecular formula is C15H27Cl2NSiTi. The van der Waals surface area contributed by atoms with E-state index in [2.05, 4.69) is 63.2 Å². The Kier molecular flexibility index (Phi) is 9.93. The minimum absolute atomic E-state index is 0. The topological polar surface area (TPSA) is 12.0 Å². The van der Waals surface area contributed by atoms with E-state index in [9.17, 15) is 0 Å². The van der Waals surface area contributed by atoms with E-state index in [0.29, 0.717) is 0 Å². The van der Waals surface area contributed by atoms with Gasteiger partial charge in [-0.3, -0.25) is 0 Å². The molecular weight excluding hydrogens is 341 g/mol. The summed E-state index contributed by atoms with van der Waals surface area (Å²) in [6.45, 7) is 11.9. The molecule has 5 heteroatoms. The third-order valence-corrected chi connectivity index (χ3v) is 8.12. The first-order valence-electron chi connectivity index (χ1n) is 6.94. The molecule has 114 valence electrons. The van der Waals surface area contributed by atoms with Crippen LogP contribution >= 0.6 is 0 Å². The van der Waals surface area contributed by atoms with Crippen LogP contribution in [0.4, 0.5) is 0 Å². The average Bonchev–Trinajstić information content (AvgIpc) is 2.57. The molecule has 0 spiro atoms. The maximum atomic E-state index is 3.95. The van der Waals surface area contributed by atoms with Gasteiger partial charge in [0, 0.05) is 5.54 Å². The van der Waals surface area contributed by atoms with Crippen molar-refractivity contribution >= 4 is 8.24 Å². The fraction of sp³-hybridized carbons (Fsp3) is 0.733. The van der Waals surface area contributed by atoms with Gasteiger partial charge in [0.05, 0.1) is 0 Å². The summed E-state index contributed by atoms with van der Waals surface area (Å²) in [5.74, 6) is 1.62. The molecule has 0 heterocycles. The van der Waals surface area contributed by atoms with Crippen molar-refractivity contribution in [2.45, 2.75) is 57.8 Å². The van der Waals surface area contributed by atoms with Crippen LogP contribution in [0.3, 0.4) is 0 Å². The Bertz CT molecular complexity index is 350. The fourth-order valence-corrected chi connectivity index (χ4v) is 8.18. The van der Waals surface area contributed by atoms with Crippen molar-refractivity contribution in [1.29, 1.82) is 0 Å². The standard InChI is InChI=1S/C15H27NSi.2ClH.Ti/c1-15(2,3)16-17(4,5)14-11-10-12-8-6-7-9-13(12)14;;;/h6-9,12-14,16H,10-11H2,1-5H3;2*1H;/q;;;+2/p-2. The molecule has 0 saturated heterocycles. The molecule has 2 aliphatic carbocycles. The van der Waals surface area contributed by atoms with Crippen molar-refractivity contribution in [3.05, 3.63) is 24.3 Å². The van der Waals surface area contributed by atoms with Crippen LogP contribution in [0.5, 0.6) is 0 Å². The van der Waals surface area contributed by atoms with Gasteiger partial charge in [0.1, 0.15) is 8.24 Å². The van der Waals surface area contributed by atoms with Gasteiger partial charge in [-0.15, -0.1) is 0 Å². The van der Waals surface area contributed by atoms with Crippen LogP contribution in [-0.4, -0.2) is 13.8 Å². The average molecular weight is 368 g/mol. The minimum Gasteiger partial charge on any atom is -1.00 e. The molecule has 1 nitrogen and oxygen atoms in total. The Balaban J connectivity index is 0. The summed E-state index contributed by atoms with van der Waals surface area (Å²) >= 11 is 0. The summed E-state index contributed by atoms with van der Waals surface area (Å²) in [5.41, 5.74) is 1.15. The van der Waals surface area contributed by atoms with Crippen LogP contribution in [0.2, 0.25) is 18.6 Å². The number of hydrogen-bond donors (Lipinski definition) is 1. The molecule has 2 aliphatic rings. The number of nitrogens with one attached hydrogen (secondary N) is 1. The van der Waals surface area contributed by atoms with E-state index in [0.717, 1.165) is 17.4 Å². The van der Waals surface area contributed by atoms with Crippen molar-refractivity contribution < 1.29 is 46.5 Å². The maximum Gasteiger partial charge on any atom is 2.00 e. The molecule has 0 aromatic carbocycles. The van der Waals surface area contributed by atoms with E-state index in [4.69, 9.17) is 0 Å². The van der Waals surface area contributed by atoms with Gasteiger partial charge in [-0.25, -0.2) is 0 Å². The van der Waals surface area contributed by atoms with Crippen molar-refractivity contribution in [1.82, 2.24) is 4.98 Å². The zero-order valence-electron chi connectivity index (χ0n) is 13.2. The third kappa shape index (κ3) is 5.62. The van der Waals surface area contributed by atoms with Gasteiger partial charge in [-0.1, -0.05) is 43.8 Å². The van der Waals surface area contributed by atoms with E-state index in [-0.39, 0.29) is 52.1 Å². The molecule has 3 unspecified atom stereocenters. The van der Waals surface area contributed by atoms with Gasteiger partial charge in [0.15, 0.2) is 0 Å². The quantitative estimate of drug-likeness (QED) is 0.562. The van der Waals surface area contributed by atoms with Gasteiger partial charge in [0.2, 0.25) is 0 Å². The van der Waals surface area contributed by atoms with Gasteiger partial charge < -0.3 is 29.8 Å². The molecule has 0 aromatic heterocycles. The Morgan fingerprint density at radius 3 is 2.10 bits per heavy atom. The zero-order chi connectivity index (χ0) is 12.7. The molecule has 0 bridgehead atoms. The number of allylic oxidation sites excluding steroid dienone is 4. The molecule has 1 saturated carbocycles. The van der Waals surface area contributed by atoms with Crippen LogP contribution < -0.4 is 29.8 Å². The van der Waals surface area contributed by atoms with Gasteiger partial charge >= 0.3 is 21.7 Å². The Hall–Kier alpha value is 0.951.